The van der Waals surface area contributed by atoms with E-state index in [4.69, 9.17) is 14.7 Å². The van der Waals surface area contributed by atoms with E-state index in [-0.39, 0.29) is 12.7 Å². The molecule has 3 nitrogen and oxygen atoms in total. The molecule has 2 rings (SSSR count). The Labute approximate surface area is 82.9 Å². The van der Waals surface area contributed by atoms with Gasteiger partial charge in [-0.2, -0.15) is 5.26 Å². The Balaban J connectivity index is 2.48. The van der Waals surface area contributed by atoms with Gasteiger partial charge in [0, 0.05) is 0 Å². The molecule has 0 amide bonds. The number of fused-ring (bicyclic) bond motifs is 1. The second-order valence-corrected chi connectivity index (χ2v) is 3.41. The van der Waals surface area contributed by atoms with Crippen LogP contribution in [-0.4, -0.2) is 6.79 Å². The maximum absolute atomic E-state index is 8.84. The number of hydrogen-bond acceptors (Lipinski definition) is 3. The number of nitriles is 1. The topological polar surface area (TPSA) is 42.2 Å². The Bertz CT molecular complexity index is 406. The highest BCUT2D eigenvalue weighted by atomic mass is 16.7. The van der Waals surface area contributed by atoms with Gasteiger partial charge in [0.05, 0.1) is 12.0 Å². The number of aryl methyl sites for hydroxylation is 1. The van der Waals surface area contributed by atoms with Crippen LogP contribution in [0.25, 0.3) is 0 Å². The number of nitrogens with zero attached hydrogens (tertiary/aromatic N) is 1. The summed E-state index contributed by atoms with van der Waals surface area (Å²) < 4.78 is 10.5. The zero-order chi connectivity index (χ0) is 10.1. The fourth-order valence-corrected chi connectivity index (χ4v) is 1.60. The zero-order valence-corrected chi connectivity index (χ0v) is 8.20. The molecule has 1 aliphatic heterocycles. The van der Waals surface area contributed by atoms with E-state index in [9.17, 15) is 0 Å². The lowest BCUT2D eigenvalue weighted by atomic mass is 9.97. The number of rotatable bonds is 1. The minimum absolute atomic E-state index is 0.107. The molecule has 0 fully saturated rings. The van der Waals surface area contributed by atoms with Crippen LogP contribution in [0.15, 0.2) is 12.1 Å². The van der Waals surface area contributed by atoms with E-state index in [0.717, 1.165) is 22.6 Å². The fourth-order valence-electron chi connectivity index (χ4n) is 1.60. The van der Waals surface area contributed by atoms with Gasteiger partial charge in [-0.15, -0.1) is 0 Å². The summed E-state index contributed by atoms with van der Waals surface area (Å²) in [6.07, 6.45) is 0. The van der Waals surface area contributed by atoms with Crippen molar-refractivity contribution in [2.75, 3.05) is 6.79 Å². The van der Waals surface area contributed by atoms with Gasteiger partial charge in [0.1, 0.15) is 0 Å². The molecule has 1 aliphatic rings. The van der Waals surface area contributed by atoms with E-state index in [2.05, 4.69) is 6.07 Å². The molecule has 3 heteroatoms. The van der Waals surface area contributed by atoms with Crippen LogP contribution in [0.5, 0.6) is 11.5 Å². The van der Waals surface area contributed by atoms with Crippen molar-refractivity contribution in [3.63, 3.8) is 0 Å². The van der Waals surface area contributed by atoms with Crippen molar-refractivity contribution in [3.8, 4) is 17.6 Å². The Morgan fingerprint density at radius 3 is 2.64 bits per heavy atom. The molecule has 0 N–H and O–H groups in total. The maximum Gasteiger partial charge on any atom is 0.231 e. The second kappa shape index (κ2) is 3.22. The monoisotopic (exact) mass is 189 g/mol. The molecule has 0 saturated heterocycles. The molecule has 0 bridgehead atoms. The zero-order valence-electron chi connectivity index (χ0n) is 8.20. The summed E-state index contributed by atoms with van der Waals surface area (Å²) in [6, 6.07) is 6.03. The van der Waals surface area contributed by atoms with Crippen molar-refractivity contribution < 1.29 is 9.47 Å². The maximum atomic E-state index is 8.84. The van der Waals surface area contributed by atoms with E-state index < -0.39 is 0 Å². The van der Waals surface area contributed by atoms with Gasteiger partial charge in [0.2, 0.25) is 6.79 Å². The highest BCUT2D eigenvalue weighted by Crippen LogP contribution is 2.36. The van der Waals surface area contributed by atoms with Gasteiger partial charge >= 0.3 is 0 Å². The van der Waals surface area contributed by atoms with E-state index in [1.54, 1.807) is 0 Å². The van der Waals surface area contributed by atoms with Crippen LogP contribution in [0.1, 0.15) is 24.0 Å². The first-order valence-corrected chi connectivity index (χ1v) is 4.52. The van der Waals surface area contributed by atoms with Gasteiger partial charge in [-0.1, -0.05) is 0 Å². The molecule has 0 spiro atoms. The van der Waals surface area contributed by atoms with Crippen LogP contribution in [-0.2, 0) is 0 Å². The molecule has 1 aromatic rings. The van der Waals surface area contributed by atoms with E-state index in [1.807, 2.05) is 26.0 Å². The molecule has 14 heavy (non-hydrogen) atoms. The lowest BCUT2D eigenvalue weighted by molar-refractivity contribution is 0.174. The Morgan fingerprint density at radius 2 is 2.00 bits per heavy atom. The minimum Gasteiger partial charge on any atom is -0.454 e. The van der Waals surface area contributed by atoms with Crippen molar-refractivity contribution in [3.05, 3.63) is 23.3 Å². The molecule has 0 aliphatic carbocycles. The van der Waals surface area contributed by atoms with E-state index in [1.165, 1.54) is 0 Å². The molecular weight excluding hydrogens is 178 g/mol. The highest BCUT2D eigenvalue weighted by Gasteiger charge is 2.17. The summed E-state index contributed by atoms with van der Waals surface area (Å²) in [6.45, 7) is 4.13. The van der Waals surface area contributed by atoms with Crippen LogP contribution >= 0.6 is 0 Å². The molecule has 0 radical (unpaired) electrons. The molecule has 72 valence electrons. The average Bonchev–Trinajstić information content (AvgIpc) is 2.62. The molecular formula is C11H11NO2. The summed E-state index contributed by atoms with van der Waals surface area (Å²) in [5.74, 6) is 1.41. The second-order valence-electron chi connectivity index (χ2n) is 3.41. The summed E-state index contributed by atoms with van der Waals surface area (Å²) in [7, 11) is 0. The Hall–Kier alpha value is -1.69. The summed E-state index contributed by atoms with van der Waals surface area (Å²) in [5, 5.41) is 8.84. The van der Waals surface area contributed by atoms with E-state index >= 15 is 0 Å². The Kier molecular flexibility index (Phi) is 2.05. The molecule has 0 aromatic heterocycles. The quantitative estimate of drug-likeness (QED) is 0.681. The standard InChI is InChI=1S/C11H11NO2/c1-7-3-10-11(14-6-13-10)4-9(7)8(2)5-12/h3-4,8H,6H2,1-2H3. The van der Waals surface area contributed by atoms with Gasteiger partial charge in [0.25, 0.3) is 0 Å². The normalized spacial score (nSPS) is 14.9. The average molecular weight is 189 g/mol. The lowest BCUT2D eigenvalue weighted by Gasteiger charge is -2.08. The van der Waals surface area contributed by atoms with Crippen LogP contribution in [0.4, 0.5) is 0 Å². The third-order valence-electron chi connectivity index (χ3n) is 2.42. The van der Waals surface area contributed by atoms with Crippen LogP contribution in [0.2, 0.25) is 0 Å². The van der Waals surface area contributed by atoms with Crippen molar-refractivity contribution in [1.29, 1.82) is 5.26 Å². The van der Waals surface area contributed by atoms with Gasteiger partial charge in [0.15, 0.2) is 11.5 Å². The summed E-state index contributed by atoms with van der Waals surface area (Å²) in [5.41, 5.74) is 2.08. The minimum atomic E-state index is -0.107. The van der Waals surface area contributed by atoms with Gasteiger partial charge in [-0.25, -0.2) is 0 Å². The highest BCUT2D eigenvalue weighted by molar-refractivity contribution is 5.50. The first-order valence-electron chi connectivity index (χ1n) is 4.52. The third-order valence-corrected chi connectivity index (χ3v) is 2.42. The van der Waals surface area contributed by atoms with Crippen molar-refractivity contribution in [2.45, 2.75) is 19.8 Å². The van der Waals surface area contributed by atoms with E-state index in [0.29, 0.717) is 0 Å². The van der Waals surface area contributed by atoms with Crippen LogP contribution in [0, 0.1) is 18.3 Å². The molecule has 1 heterocycles. The van der Waals surface area contributed by atoms with Gasteiger partial charge in [-0.3, -0.25) is 0 Å². The third kappa shape index (κ3) is 1.29. The predicted molar refractivity (Wildman–Crippen MR) is 51.3 cm³/mol. The van der Waals surface area contributed by atoms with Crippen LogP contribution in [0.3, 0.4) is 0 Å². The smallest absolute Gasteiger partial charge is 0.231 e. The largest absolute Gasteiger partial charge is 0.454 e. The summed E-state index contributed by atoms with van der Waals surface area (Å²) in [4.78, 5) is 0. The van der Waals surface area contributed by atoms with Crippen LogP contribution < -0.4 is 9.47 Å². The molecule has 0 saturated carbocycles. The van der Waals surface area contributed by atoms with Crippen molar-refractivity contribution >= 4 is 0 Å². The molecule has 1 aromatic carbocycles. The molecule has 1 unspecified atom stereocenters. The number of hydrogen-bond donors (Lipinski definition) is 0. The number of ether oxygens (including phenoxy) is 2. The number of benzene rings is 1. The fraction of sp³-hybridized carbons (Fsp3) is 0.364. The lowest BCUT2D eigenvalue weighted by Crippen LogP contribution is -1.93. The van der Waals surface area contributed by atoms with Gasteiger partial charge < -0.3 is 9.47 Å². The predicted octanol–water partition coefficient (Wildman–Crippen LogP) is 2.35. The molecule has 1 atom stereocenters. The Morgan fingerprint density at radius 1 is 1.36 bits per heavy atom. The first kappa shape index (κ1) is 8.89. The SMILES string of the molecule is Cc1cc2c(cc1C(C)C#N)OCO2. The first-order chi connectivity index (χ1) is 6.72. The van der Waals surface area contributed by atoms with Gasteiger partial charge in [-0.05, 0) is 37.1 Å². The van der Waals surface area contributed by atoms with Crippen molar-refractivity contribution in [2.24, 2.45) is 0 Å². The summed E-state index contributed by atoms with van der Waals surface area (Å²) >= 11 is 0. The van der Waals surface area contributed by atoms with Crippen molar-refractivity contribution in [1.82, 2.24) is 0 Å².